The van der Waals surface area contributed by atoms with Gasteiger partial charge < -0.3 is 0 Å². The number of ether oxygens (including phenoxy) is 1. The second-order valence-corrected chi connectivity index (χ2v) is 2.67. The van der Waals surface area contributed by atoms with Crippen molar-refractivity contribution in [3.63, 3.8) is 0 Å². The number of rotatable bonds is 4. The van der Waals surface area contributed by atoms with Crippen LogP contribution in [0.5, 0.6) is 0 Å². The van der Waals surface area contributed by atoms with Crippen molar-refractivity contribution in [3.8, 4) is 0 Å². The Bertz CT molecular complexity index is 104. The second-order valence-electron chi connectivity index (χ2n) is 1.93. The molecule has 3 heteroatoms. The molecule has 1 radical (unpaired) electrons. The molecule has 0 unspecified atom stereocenters. The molecule has 0 saturated carbocycles. The summed E-state index contributed by atoms with van der Waals surface area (Å²) in [6, 6.07) is 0. The van der Waals surface area contributed by atoms with Gasteiger partial charge in [0.25, 0.3) is 0 Å². The number of hydrogen-bond acceptors (Lipinski definition) is 2. The van der Waals surface area contributed by atoms with E-state index in [1.165, 1.54) is 6.42 Å². The van der Waals surface area contributed by atoms with Gasteiger partial charge in [-0.1, -0.05) is 0 Å². The first-order chi connectivity index (χ1) is 4.81. The molecular weight excluding hydrogens is 193 g/mol. The normalized spacial score (nSPS) is 11.6. The zero-order valence-corrected chi connectivity index (χ0v) is 8.31. The fraction of sp³-hybridized carbons (Fsp3) is 0.857. The van der Waals surface area contributed by atoms with Gasteiger partial charge in [0.15, 0.2) is 0 Å². The third-order valence-electron chi connectivity index (χ3n) is 1.02. The number of nitrogens with zero attached hydrogens (tertiary/aromatic N) is 1. The van der Waals surface area contributed by atoms with E-state index in [-0.39, 0.29) is 0 Å². The average Bonchev–Trinajstić information content (AvgIpc) is 1.89. The van der Waals surface area contributed by atoms with Gasteiger partial charge in [-0.3, -0.25) is 0 Å². The topological polar surface area (TPSA) is 21.6 Å². The van der Waals surface area contributed by atoms with E-state index in [0.29, 0.717) is 11.4 Å². The summed E-state index contributed by atoms with van der Waals surface area (Å²) in [5, 5.41) is 0. The van der Waals surface area contributed by atoms with Crippen molar-refractivity contribution in [3.05, 3.63) is 0 Å². The van der Waals surface area contributed by atoms with Crippen LogP contribution in [0.1, 0.15) is 26.7 Å². The molecule has 0 fully saturated rings. The summed E-state index contributed by atoms with van der Waals surface area (Å²) in [5.41, 5.74) is 0. The molecule has 0 aliphatic heterocycles. The Kier molecular flexibility index (Phi) is 7.09. The van der Waals surface area contributed by atoms with Gasteiger partial charge in [-0.05, 0) is 0 Å². The molecule has 0 aromatic carbocycles. The number of unbranched alkanes of at least 4 members (excludes halogenated alkanes) is 1. The van der Waals surface area contributed by atoms with Crippen LogP contribution in [0, 0.1) is 0 Å². The Labute approximate surface area is 70.9 Å². The van der Waals surface area contributed by atoms with E-state index in [1.807, 2.05) is 6.92 Å². The van der Waals surface area contributed by atoms with Gasteiger partial charge in [0, 0.05) is 0 Å². The monoisotopic (exact) mass is 208 g/mol. The molecular formula is C7H14NOSe. The Morgan fingerprint density at radius 2 is 2.20 bits per heavy atom. The van der Waals surface area contributed by atoms with Gasteiger partial charge in [0.05, 0.1) is 0 Å². The molecule has 0 heterocycles. The van der Waals surface area contributed by atoms with Crippen molar-refractivity contribution in [1.29, 1.82) is 0 Å². The first-order valence-electron chi connectivity index (χ1n) is 3.65. The molecule has 0 aliphatic rings. The van der Waals surface area contributed by atoms with Crippen LogP contribution in [-0.4, -0.2) is 34.0 Å². The summed E-state index contributed by atoms with van der Waals surface area (Å²) in [5.74, 6) is 0. The van der Waals surface area contributed by atoms with Gasteiger partial charge >= 0.3 is 70.4 Å². The Morgan fingerprint density at radius 3 is 2.70 bits per heavy atom. The van der Waals surface area contributed by atoms with Crippen molar-refractivity contribution in [1.82, 2.24) is 0 Å². The summed E-state index contributed by atoms with van der Waals surface area (Å²) >= 11 is 2.76. The van der Waals surface area contributed by atoms with E-state index >= 15 is 0 Å². The minimum atomic E-state index is 0.691. The Hall–Kier alpha value is -0.0105. The quantitative estimate of drug-likeness (QED) is 0.295. The molecule has 59 valence electrons. The van der Waals surface area contributed by atoms with E-state index in [1.54, 1.807) is 0 Å². The maximum absolute atomic E-state index is 5.08. The van der Waals surface area contributed by atoms with Crippen molar-refractivity contribution < 1.29 is 4.74 Å². The molecule has 0 saturated heterocycles. The molecule has 0 atom stereocenters. The summed E-state index contributed by atoms with van der Waals surface area (Å²) in [6.45, 7) is 5.67. The van der Waals surface area contributed by atoms with Crippen molar-refractivity contribution in [2.75, 3.05) is 13.2 Å². The first-order valence-corrected chi connectivity index (χ1v) is 4.51. The molecule has 0 spiro atoms. The van der Waals surface area contributed by atoms with Crippen LogP contribution >= 0.6 is 0 Å². The Morgan fingerprint density at radius 1 is 1.50 bits per heavy atom. The summed E-state index contributed by atoms with van der Waals surface area (Å²) in [7, 11) is 0. The van der Waals surface area contributed by atoms with Crippen LogP contribution in [-0.2, 0) is 4.74 Å². The van der Waals surface area contributed by atoms with Crippen LogP contribution in [0.3, 0.4) is 0 Å². The minimum absolute atomic E-state index is 0.691. The van der Waals surface area contributed by atoms with Gasteiger partial charge in [-0.2, -0.15) is 0 Å². The van der Waals surface area contributed by atoms with Crippen LogP contribution in [0.2, 0.25) is 0 Å². The van der Waals surface area contributed by atoms with Crippen LogP contribution in [0.4, 0.5) is 0 Å². The maximum atomic E-state index is 5.08. The molecule has 0 amide bonds. The van der Waals surface area contributed by atoms with Crippen molar-refractivity contribution in [2.24, 2.45) is 4.99 Å². The van der Waals surface area contributed by atoms with Gasteiger partial charge in [0.1, 0.15) is 0 Å². The fourth-order valence-corrected chi connectivity index (χ4v) is 0.936. The summed E-state index contributed by atoms with van der Waals surface area (Å²) in [4.78, 5) is 4.83. The van der Waals surface area contributed by atoms with Crippen molar-refractivity contribution in [2.45, 2.75) is 26.7 Å². The average molecular weight is 207 g/mol. The molecule has 2 nitrogen and oxygen atoms in total. The molecule has 0 aromatic heterocycles. The summed E-state index contributed by atoms with van der Waals surface area (Å²) in [6.07, 6.45) is 2.32. The third-order valence-corrected chi connectivity index (χ3v) is 1.54. The Balaban J connectivity index is 3.28. The number of hydrogen-bond donors (Lipinski definition) is 0. The van der Waals surface area contributed by atoms with E-state index in [4.69, 9.17) is 4.74 Å². The number of aliphatic imine (C=N–C) groups is 1. The van der Waals surface area contributed by atoms with Gasteiger partial charge in [0.2, 0.25) is 0 Å². The van der Waals surface area contributed by atoms with E-state index < -0.39 is 0 Å². The zero-order valence-electron chi connectivity index (χ0n) is 6.59. The van der Waals surface area contributed by atoms with Gasteiger partial charge in [-0.25, -0.2) is 0 Å². The van der Waals surface area contributed by atoms with Crippen LogP contribution in [0.25, 0.3) is 0 Å². The van der Waals surface area contributed by atoms with Crippen LogP contribution < -0.4 is 0 Å². The van der Waals surface area contributed by atoms with E-state index in [9.17, 15) is 0 Å². The van der Waals surface area contributed by atoms with E-state index in [2.05, 4.69) is 27.9 Å². The van der Waals surface area contributed by atoms with E-state index in [0.717, 1.165) is 13.0 Å². The zero-order chi connectivity index (χ0) is 7.82. The molecule has 0 aromatic rings. The molecule has 0 N–H and O–H groups in total. The van der Waals surface area contributed by atoms with Crippen LogP contribution in [0.15, 0.2) is 4.99 Å². The fourth-order valence-electron chi connectivity index (χ4n) is 0.498. The predicted molar refractivity (Wildman–Crippen MR) is 44.6 cm³/mol. The molecule has 0 bridgehead atoms. The van der Waals surface area contributed by atoms with Gasteiger partial charge in [-0.15, -0.1) is 0 Å². The molecule has 10 heavy (non-hydrogen) atoms. The third kappa shape index (κ3) is 6.11. The van der Waals surface area contributed by atoms with Crippen molar-refractivity contribution >= 4 is 20.8 Å². The first kappa shape index (κ1) is 9.99. The molecule has 0 aliphatic carbocycles. The summed E-state index contributed by atoms with van der Waals surface area (Å²) < 4.78 is 5.08. The predicted octanol–water partition coefficient (Wildman–Crippen LogP) is 1.35. The molecule has 0 rings (SSSR count). The second kappa shape index (κ2) is 7.10. The SMILES string of the molecule is CCCCN=C([Se])OCC. The standard InChI is InChI=1S/C7H14NOSe/c1-3-5-6-8-7(10)9-4-2/h3-6H2,1-2H3.